The van der Waals surface area contributed by atoms with Crippen LogP contribution in [0, 0.1) is 0 Å². The van der Waals surface area contributed by atoms with Crippen molar-refractivity contribution in [2.75, 3.05) is 13.7 Å². The largest absolute Gasteiger partial charge is 0.378 e. The molecule has 2 unspecified atom stereocenters. The first-order valence-electron chi connectivity index (χ1n) is 7.40. The van der Waals surface area contributed by atoms with E-state index in [0.29, 0.717) is 12.0 Å². The van der Waals surface area contributed by atoms with E-state index in [-0.39, 0.29) is 5.60 Å². The zero-order valence-corrected chi connectivity index (χ0v) is 12.4. The number of nitrogens with one attached hydrogen (secondary N) is 1. The van der Waals surface area contributed by atoms with Gasteiger partial charge >= 0.3 is 0 Å². The van der Waals surface area contributed by atoms with Crippen LogP contribution in [-0.2, 0) is 4.74 Å². The number of ether oxygens (including phenoxy) is 1. The van der Waals surface area contributed by atoms with E-state index in [0.717, 1.165) is 13.0 Å². The summed E-state index contributed by atoms with van der Waals surface area (Å²) < 4.78 is 5.78. The van der Waals surface area contributed by atoms with Gasteiger partial charge in [-0.05, 0) is 44.4 Å². The monoisotopic (exact) mass is 262 g/mol. The molecule has 0 spiro atoms. The van der Waals surface area contributed by atoms with E-state index in [4.69, 9.17) is 4.74 Å². The van der Waals surface area contributed by atoms with Gasteiger partial charge in [-0.2, -0.15) is 0 Å². The minimum atomic E-state index is 0.107. The molecule has 0 bridgehead atoms. The Morgan fingerprint density at radius 2 is 2.21 bits per heavy atom. The molecule has 2 atom stereocenters. The van der Waals surface area contributed by atoms with Crippen LogP contribution in [0.25, 0.3) is 0 Å². The van der Waals surface area contributed by atoms with Crippen LogP contribution in [-0.4, -0.2) is 30.3 Å². The molecular formula is C16H26N2O. The van der Waals surface area contributed by atoms with Gasteiger partial charge in [-0.25, -0.2) is 0 Å². The minimum Gasteiger partial charge on any atom is -0.378 e. The molecule has 0 saturated heterocycles. The van der Waals surface area contributed by atoms with E-state index in [1.807, 2.05) is 19.4 Å². The van der Waals surface area contributed by atoms with Crippen LogP contribution in [0.1, 0.15) is 51.1 Å². The zero-order chi connectivity index (χ0) is 13.7. The Balaban J connectivity index is 2.06. The van der Waals surface area contributed by atoms with Crippen molar-refractivity contribution < 1.29 is 4.74 Å². The van der Waals surface area contributed by atoms with E-state index in [9.17, 15) is 0 Å². The summed E-state index contributed by atoms with van der Waals surface area (Å²) in [5, 5.41) is 3.62. The maximum Gasteiger partial charge on any atom is 0.0693 e. The number of aromatic nitrogens is 1. The Morgan fingerprint density at radius 1 is 1.42 bits per heavy atom. The topological polar surface area (TPSA) is 34.1 Å². The van der Waals surface area contributed by atoms with Gasteiger partial charge in [-0.15, -0.1) is 0 Å². The highest BCUT2D eigenvalue weighted by atomic mass is 16.5. The van der Waals surface area contributed by atoms with Crippen LogP contribution in [0.15, 0.2) is 24.4 Å². The number of likely N-dealkylation sites (N-methyl/N-ethyl adjacent to an activating group) is 1. The Morgan fingerprint density at radius 3 is 2.68 bits per heavy atom. The molecule has 1 heterocycles. The Hall–Kier alpha value is -0.930. The molecule has 1 aromatic heterocycles. The predicted molar refractivity (Wildman–Crippen MR) is 78.3 cm³/mol. The van der Waals surface area contributed by atoms with E-state index < -0.39 is 0 Å². The molecule has 1 fully saturated rings. The molecule has 0 aromatic carbocycles. The Labute approximate surface area is 116 Å². The highest BCUT2D eigenvalue weighted by Gasteiger charge is 2.40. The number of methoxy groups -OCH3 is 1. The molecule has 1 aliphatic rings. The van der Waals surface area contributed by atoms with Crippen molar-refractivity contribution in [2.45, 2.75) is 57.1 Å². The maximum atomic E-state index is 5.78. The average Bonchev–Trinajstić information content (AvgIpc) is 2.42. The maximum absolute atomic E-state index is 5.78. The fourth-order valence-corrected chi connectivity index (χ4v) is 3.00. The summed E-state index contributed by atoms with van der Waals surface area (Å²) in [6, 6.07) is 6.59. The minimum absolute atomic E-state index is 0.107. The van der Waals surface area contributed by atoms with E-state index in [1.165, 1.54) is 25.0 Å². The lowest BCUT2D eigenvalue weighted by molar-refractivity contribution is -0.0846. The number of nitrogens with zero attached hydrogens (tertiary/aromatic N) is 1. The number of hydrogen-bond donors (Lipinski definition) is 1. The third-order valence-corrected chi connectivity index (χ3v) is 4.51. The van der Waals surface area contributed by atoms with Crippen molar-refractivity contribution in [3.8, 4) is 0 Å². The molecule has 1 aromatic rings. The molecule has 0 amide bonds. The molecule has 3 heteroatoms. The molecule has 1 N–H and O–H groups in total. The van der Waals surface area contributed by atoms with Gasteiger partial charge in [0.25, 0.3) is 0 Å². The fourth-order valence-electron chi connectivity index (χ4n) is 3.00. The second-order valence-electron chi connectivity index (χ2n) is 5.65. The molecule has 0 radical (unpaired) electrons. The fraction of sp³-hybridized carbons (Fsp3) is 0.688. The molecule has 3 nitrogen and oxygen atoms in total. The first-order valence-corrected chi connectivity index (χ1v) is 7.40. The van der Waals surface area contributed by atoms with Gasteiger partial charge in [0, 0.05) is 31.0 Å². The number of rotatable bonds is 7. The summed E-state index contributed by atoms with van der Waals surface area (Å²) in [5.74, 6) is 0.411. The van der Waals surface area contributed by atoms with Crippen LogP contribution in [0.2, 0.25) is 0 Å². The summed E-state index contributed by atoms with van der Waals surface area (Å²) >= 11 is 0. The molecule has 0 aliphatic heterocycles. The lowest BCUT2D eigenvalue weighted by Crippen LogP contribution is -2.47. The van der Waals surface area contributed by atoms with E-state index >= 15 is 0 Å². The van der Waals surface area contributed by atoms with Crippen molar-refractivity contribution in [1.29, 1.82) is 0 Å². The average molecular weight is 262 g/mol. The highest BCUT2D eigenvalue weighted by Crippen LogP contribution is 2.40. The molecule has 2 rings (SSSR count). The summed E-state index contributed by atoms with van der Waals surface area (Å²) in [4.78, 5) is 4.50. The Kier molecular flexibility index (Phi) is 4.94. The van der Waals surface area contributed by atoms with E-state index in [1.54, 1.807) is 0 Å². The van der Waals surface area contributed by atoms with Crippen molar-refractivity contribution in [3.05, 3.63) is 30.1 Å². The number of hydrogen-bond acceptors (Lipinski definition) is 3. The van der Waals surface area contributed by atoms with Crippen LogP contribution < -0.4 is 5.32 Å². The van der Waals surface area contributed by atoms with Gasteiger partial charge < -0.3 is 10.1 Å². The first kappa shape index (κ1) is 14.5. The lowest BCUT2D eigenvalue weighted by Gasteiger charge is -2.44. The molecule has 1 aliphatic carbocycles. The normalized spacial score (nSPS) is 20.6. The van der Waals surface area contributed by atoms with Crippen molar-refractivity contribution in [2.24, 2.45) is 0 Å². The van der Waals surface area contributed by atoms with Gasteiger partial charge in [-0.1, -0.05) is 19.9 Å². The summed E-state index contributed by atoms with van der Waals surface area (Å²) in [6.45, 7) is 5.41. The first-order chi connectivity index (χ1) is 9.21. The van der Waals surface area contributed by atoms with Crippen molar-refractivity contribution in [1.82, 2.24) is 10.3 Å². The number of pyridine rings is 1. The third-order valence-electron chi connectivity index (χ3n) is 4.51. The second kappa shape index (κ2) is 6.49. The summed E-state index contributed by atoms with van der Waals surface area (Å²) in [7, 11) is 1.85. The van der Waals surface area contributed by atoms with Crippen molar-refractivity contribution >= 4 is 0 Å². The zero-order valence-electron chi connectivity index (χ0n) is 12.4. The van der Waals surface area contributed by atoms with Crippen LogP contribution in [0.3, 0.4) is 0 Å². The standard InChI is InChI=1S/C16H26N2O/c1-4-17-15(12-16(19-3)9-7-10-16)13(2)14-8-5-6-11-18-14/h5-6,8,11,13,15,17H,4,7,9-10,12H2,1-3H3. The van der Waals surface area contributed by atoms with Gasteiger partial charge in [-0.3, -0.25) is 4.98 Å². The van der Waals surface area contributed by atoms with Gasteiger partial charge in [0.15, 0.2) is 0 Å². The molecular weight excluding hydrogens is 236 g/mol. The summed E-state index contributed by atoms with van der Waals surface area (Å²) in [5.41, 5.74) is 1.27. The molecule has 19 heavy (non-hydrogen) atoms. The Bertz CT molecular complexity index is 370. The SMILES string of the molecule is CCNC(CC1(OC)CCC1)C(C)c1ccccn1. The highest BCUT2D eigenvalue weighted by molar-refractivity contribution is 5.12. The second-order valence-corrected chi connectivity index (χ2v) is 5.65. The van der Waals surface area contributed by atoms with Crippen LogP contribution >= 0.6 is 0 Å². The lowest BCUT2D eigenvalue weighted by atomic mass is 9.73. The third kappa shape index (κ3) is 3.34. The van der Waals surface area contributed by atoms with E-state index in [2.05, 4.69) is 36.3 Å². The molecule has 1 saturated carbocycles. The van der Waals surface area contributed by atoms with Crippen LogP contribution in [0.4, 0.5) is 0 Å². The smallest absolute Gasteiger partial charge is 0.0693 e. The van der Waals surface area contributed by atoms with Gasteiger partial charge in [0.05, 0.1) is 5.60 Å². The van der Waals surface area contributed by atoms with Gasteiger partial charge in [0.1, 0.15) is 0 Å². The predicted octanol–water partition coefficient (Wildman–Crippen LogP) is 3.12. The molecule has 106 valence electrons. The summed E-state index contributed by atoms with van der Waals surface area (Å²) in [6.07, 6.45) is 6.64. The van der Waals surface area contributed by atoms with Crippen LogP contribution in [0.5, 0.6) is 0 Å². The quantitative estimate of drug-likeness (QED) is 0.820. The van der Waals surface area contributed by atoms with Gasteiger partial charge in [0.2, 0.25) is 0 Å². The van der Waals surface area contributed by atoms with Crippen molar-refractivity contribution in [3.63, 3.8) is 0 Å².